The minimum atomic E-state index is 0.476. The van der Waals surface area contributed by atoms with Gasteiger partial charge in [-0.3, -0.25) is 0 Å². The van der Waals surface area contributed by atoms with E-state index in [1.807, 2.05) is 43.3 Å². The van der Waals surface area contributed by atoms with Crippen LogP contribution in [0.25, 0.3) is 0 Å². The van der Waals surface area contributed by atoms with Gasteiger partial charge >= 0.3 is 0 Å². The fourth-order valence-electron chi connectivity index (χ4n) is 1.89. The van der Waals surface area contributed by atoms with E-state index in [0.717, 1.165) is 16.7 Å². The lowest BCUT2D eigenvalue weighted by Gasteiger charge is -2.13. The van der Waals surface area contributed by atoms with E-state index in [4.69, 9.17) is 14.7 Å². The Labute approximate surface area is 118 Å². The van der Waals surface area contributed by atoms with Gasteiger partial charge in [0, 0.05) is 5.56 Å². The summed E-state index contributed by atoms with van der Waals surface area (Å²) < 4.78 is 11.1. The lowest BCUT2D eigenvalue weighted by atomic mass is 10.1. The molecule has 0 aliphatic carbocycles. The average Bonchev–Trinajstić information content (AvgIpc) is 2.48. The highest BCUT2D eigenvalue weighted by atomic mass is 16.5. The SMILES string of the molecule is COc1cc(/C=N/O)c(C)cc1OCc1ccccc1. The van der Waals surface area contributed by atoms with Crippen LogP contribution >= 0.6 is 0 Å². The standard InChI is InChI=1S/C16H17NO3/c1-12-8-16(15(19-2)9-14(12)10-17-18)20-11-13-6-4-3-5-7-13/h3-10,18H,11H2,1-2H3/b17-10+. The second-order valence-electron chi connectivity index (χ2n) is 4.38. The highest BCUT2D eigenvalue weighted by molar-refractivity contribution is 5.82. The maximum Gasteiger partial charge on any atom is 0.161 e. The zero-order valence-electron chi connectivity index (χ0n) is 11.5. The fourth-order valence-corrected chi connectivity index (χ4v) is 1.89. The van der Waals surface area contributed by atoms with Gasteiger partial charge < -0.3 is 14.7 Å². The molecule has 0 unspecified atom stereocenters. The zero-order valence-corrected chi connectivity index (χ0v) is 11.5. The molecule has 0 aliphatic heterocycles. The molecule has 2 rings (SSSR count). The first-order chi connectivity index (χ1) is 9.74. The molecule has 2 aromatic rings. The van der Waals surface area contributed by atoms with Gasteiger partial charge in [0.2, 0.25) is 0 Å². The Morgan fingerprint density at radius 3 is 2.55 bits per heavy atom. The van der Waals surface area contributed by atoms with Crippen LogP contribution in [-0.2, 0) is 6.61 Å². The fraction of sp³-hybridized carbons (Fsp3) is 0.188. The third-order valence-electron chi connectivity index (χ3n) is 2.99. The van der Waals surface area contributed by atoms with E-state index < -0.39 is 0 Å². The summed E-state index contributed by atoms with van der Waals surface area (Å²) in [6.07, 6.45) is 1.37. The second-order valence-corrected chi connectivity index (χ2v) is 4.38. The van der Waals surface area contributed by atoms with Crippen molar-refractivity contribution in [3.8, 4) is 11.5 Å². The van der Waals surface area contributed by atoms with Gasteiger partial charge in [0.05, 0.1) is 13.3 Å². The maximum atomic E-state index is 8.63. The molecule has 20 heavy (non-hydrogen) atoms. The van der Waals surface area contributed by atoms with Crippen molar-refractivity contribution in [2.45, 2.75) is 13.5 Å². The van der Waals surface area contributed by atoms with E-state index >= 15 is 0 Å². The van der Waals surface area contributed by atoms with Gasteiger partial charge in [0.15, 0.2) is 11.5 Å². The van der Waals surface area contributed by atoms with E-state index in [-0.39, 0.29) is 0 Å². The van der Waals surface area contributed by atoms with Crippen molar-refractivity contribution in [3.05, 3.63) is 59.2 Å². The molecule has 1 N–H and O–H groups in total. The summed E-state index contributed by atoms with van der Waals surface area (Å²) in [6, 6.07) is 13.6. The summed E-state index contributed by atoms with van der Waals surface area (Å²) in [5.74, 6) is 1.28. The lowest BCUT2D eigenvalue weighted by Crippen LogP contribution is -1.99. The summed E-state index contributed by atoms with van der Waals surface area (Å²) in [5, 5.41) is 11.7. The number of benzene rings is 2. The van der Waals surface area contributed by atoms with Crippen LogP contribution < -0.4 is 9.47 Å². The summed E-state index contributed by atoms with van der Waals surface area (Å²) in [5.41, 5.74) is 2.83. The maximum absolute atomic E-state index is 8.63. The molecular formula is C16H17NO3. The molecule has 0 amide bonds. The number of hydrogen-bond donors (Lipinski definition) is 1. The Bertz CT molecular complexity index is 594. The van der Waals surface area contributed by atoms with Gasteiger partial charge in [0.1, 0.15) is 6.61 Å². The largest absolute Gasteiger partial charge is 0.493 e. The van der Waals surface area contributed by atoms with Gasteiger partial charge in [0.25, 0.3) is 0 Å². The Balaban J connectivity index is 2.21. The summed E-state index contributed by atoms with van der Waals surface area (Å²) in [6.45, 7) is 2.40. The Hall–Kier alpha value is -2.49. The topological polar surface area (TPSA) is 51.0 Å². The molecule has 0 heterocycles. The molecule has 0 aliphatic rings. The molecule has 0 radical (unpaired) electrons. The smallest absolute Gasteiger partial charge is 0.161 e. The van der Waals surface area contributed by atoms with Gasteiger partial charge in [-0.25, -0.2) is 0 Å². The highest BCUT2D eigenvalue weighted by Gasteiger charge is 2.08. The van der Waals surface area contributed by atoms with E-state index in [0.29, 0.717) is 18.1 Å². The molecule has 4 nitrogen and oxygen atoms in total. The number of ether oxygens (including phenoxy) is 2. The Kier molecular flexibility index (Phi) is 4.60. The zero-order chi connectivity index (χ0) is 14.4. The first-order valence-electron chi connectivity index (χ1n) is 6.27. The van der Waals surface area contributed by atoms with Crippen LogP contribution in [0.3, 0.4) is 0 Å². The predicted molar refractivity (Wildman–Crippen MR) is 77.9 cm³/mol. The van der Waals surface area contributed by atoms with Crippen molar-refractivity contribution < 1.29 is 14.7 Å². The van der Waals surface area contributed by atoms with Crippen LogP contribution in [0, 0.1) is 6.92 Å². The Morgan fingerprint density at radius 2 is 1.90 bits per heavy atom. The van der Waals surface area contributed by atoms with Crippen LogP contribution in [0.4, 0.5) is 0 Å². The predicted octanol–water partition coefficient (Wildman–Crippen LogP) is 3.39. The number of hydrogen-bond acceptors (Lipinski definition) is 4. The summed E-state index contributed by atoms with van der Waals surface area (Å²) >= 11 is 0. The molecule has 2 aromatic carbocycles. The van der Waals surface area contributed by atoms with Crippen molar-refractivity contribution >= 4 is 6.21 Å². The molecule has 0 bridgehead atoms. The van der Waals surface area contributed by atoms with Gasteiger partial charge in [-0.2, -0.15) is 0 Å². The number of oxime groups is 1. The number of nitrogens with zero attached hydrogens (tertiary/aromatic N) is 1. The van der Waals surface area contributed by atoms with Crippen molar-refractivity contribution in [3.63, 3.8) is 0 Å². The first-order valence-corrected chi connectivity index (χ1v) is 6.27. The first kappa shape index (κ1) is 13.9. The summed E-state index contributed by atoms with van der Waals surface area (Å²) in [4.78, 5) is 0. The Morgan fingerprint density at radius 1 is 1.15 bits per heavy atom. The number of rotatable bonds is 5. The second kappa shape index (κ2) is 6.61. The molecule has 0 aromatic heterocycles. The van der Waals surface area contributed by atoms with Crippen molar-refractivity contribution in [2.75, 3.05) is 7.11 Å². The van der Waals surface area contributed by atoms with Gasteiger partial charge in [-0.05, 0) is 30.2 Å². The quantitative estimate of drug-likeness (QED) is 0.515. The van der Waals surface area contributed by atoms with Crippen molar-refractivity contribution in [2.24, 2.45) is 5.16 Å². The molecule has 4 heteroatoms. The summed E-state index contributed by atoms with van der Waals surface area (Å²) in [7, 11) is 1.58. The minimum absolute atomic E-state index is 0.476. The third-order valence-corrected chi connectivity index (χ3v) is 2.99. The highest BCUT2D eigenvalue weighted by Crippen LogP contribution is 2.30. The van der Waals surface area contributed by atoms with Crippen LogP contribution in [0.2, 0.25) is 0 Å². The average molecular weight is 271 g/mol. The molecule has 0 saturated carbocycles. The van der Waals surface area contributed by atoms with E-state index in [1.54, 1.807) is 13.2 Å². The van der Waals surface area contributed by atoms with Crippen LogP contribution in [0.5, 0.6) is 11.5 Å². The molecular weight excluding hydrogens is 254 g/mol. The molecule has 0 spiro atoms. The third kappa shape index (κ3) is 3.29. The molecule has 0 fully saturated rings. The molecule has 0 saturated heterocycles. The minimum Gasteiger partial charge on any atom is -0.493 e. The normalized spacial score (nSPS) is 10.7. The lowest BCUT2D eigenvalue weighted by molar-refractivity contribution is 0.284. The van der Waals surface area contributed by atoms with E-state index in [1.165, 1.54) is 6.21 Å². The van der Waals surface area contributed by atoms with Crippen LogP contribution in [-0.4, -0.2) is 18.5 Å². The number of methoxy groups -OCH3 is 1. The van der Waals surface area contributed by atoms with Crippen LogP contribution in [0.1, 0.15) is 16.7 Å². The van der Waals surface area contributed by atoms with Gasteiger partial charge in [-0.1, -0.05) is 35.5 Å². The van der Waals surface area contributed by atoms with Crippen LogP contribution in [0.15, 0.2) is 47.6 Å². The number of aryl methyl sites for hydroxylation is 1. The van der Waals surface area contributed by atoms with E-state index in [2.05, 4.69) is 5.16 Å². The van der Waals surface area contributed by atoms with E-state index in [9.17, 15) is 0 Å². The monoisotopic (exact) mass is 271 g/mol. The van der Waals surface area contributed by atoms with Crippen molar-refractivity contribution in [1.82, 2.24) is 0 Å². The van der Waals surface area contributed by atoms with Gasteiger partial charge in [-0.15, -0.1) is 0 Å². The van der Waals surface area contributed by atoms with Crippen molar-refractivity contribution in [1.29, 1.82) is 0 Å². The molecule has 104 valence electrons. The molecule has 0 atom stereocenters.